The molecular weight excluding hydrogens is 310 g/mol. The van der Waals surface area contributed by atoms with Crippen molar-refractivity contribution in [1.29, 1.82) is 0 Å². The highest BCUT2D eigenvalue weighted by molar-refractivity contribution is 9.11. The quantitative estimate of drug-likeness (QED) is 0.900. The Balaban J connectivity index is 2.30. The normalized spacial score (nSPS) is 12.9. The zero-order valence-corrected chi connectivity index (χ0v) is 11.8. The van der Waals surface area contributed by atoms with E-state index in [4.69, 9.17) is 16.0 Å². The van der Waals surface area contributed by atoms with Crippen LogP contribution in [0.2, 0.25) is 5.22 Å². The molecule has 86 valence electrons. The van der Waals surface area contributed by atoms with E-state index in [1.807, 2.05) is 12.1 Å². The van der Waals surface area contributed by atoms with Gasteiger partial charge in [-0.1, -0.05) is 6.92 Å². The van der Waals surface area contributed by atoms with Gasteiger partial charge in [-0.2, -0.15) is 0 Å². The molecule has 2 nitrogen and oxygen atoms in total. The average Bonchev–Trinajstić information content (AvgIpc) is 2.84. The van der Waals surface area contributed by atoms with Gasteiger partial charge in [0.25, 0.3) is 0 Å². The second kappa shape index (κ2) is 5.36. The smallest absolute Gasteiger partial charge is 0.193 e. The molecule has 0 saturated heterocycles. The van der Waals surface area contributed by atoms with Crippen LogP contribution in [0.1, 0.15) is 23.6 Å². The van der Waals surface area contributed by atoms with Crippen molar-refractivity contribution in [3.63, 3.8) is 0 Å². The first-order valence-electron chi connectivity index (χ1n) is 4.94. The number of halogens is 2. The minimum atomic E-state index is 0.0776. The Morgan fingerprint density at radius 2 is 2.25 bits per heavy atom. The van der Waals surface area contributed by atoms with Gasteiger partial charge in [-0.15, -0.1) is 11.3 Å². The van der Waals surface area contributed by atoms with Crippen LogP contribution in [0.5, 0.6) is 0 Å². The van der Waals surface area contributed by atoms with Gasteiger partial charge in [-0.3, -0.25) is 0 Å². The van der Waals surface area contributed by atoms with Crippen LogP contribution in [0.25, 0.3) is 0 Å². The van der Waals surface area contributed by atoms with E-state index in [0.717, 1.165) is 16.1 Å². The maximum atomic E-state index is 5.80. The van der Waals surface area contributed by atoms with Crippen LogP contribution in [-0.4, -0.2) is 6.54 Å². The summed E-state index contributed by atoms with van der Waals surface area (Å²) in [6.45, 7) is 2.94. The fraction of sp³-hybridized carbons (Fsp3) is 0.273. The van der Waals surface area contributed by atoms with E-state index < -0.39 is 0 Å². The van der Waals surface area contributed by atoms with Crippen molar-refractivity contribution in [2.75, 3.05) is 6.54 Å². The minimum Gasteiger partial charge on any atom is -0.448 e. The predicted molar refractivity (Wildman–Crippen MR) is 71.3 cm³/mol. The van der Waals surface area contributed by atoms with Crippen LogP contribution >= 0.6 is 38.9 Å². The number of hydrogen-bond donors (Lipinski definition) is 1. The van der Waals surface area contributed by atoms with Gasteiger partial charge in [-0.05, 0) is 58.3 Å². The van der Waals surface area contributed by atoms with Crippen molar-refractivity contribution in [2.24, 2.45) is 0 Å². The van der Waals surface area contributed by atoms with Crippen LogP contribution in [0.3, 0.4) is 0 Å². The standard InChI is InChI=1S/C11H11BrClNOS/c1-2-14-11(7-3-6-10(13)15-7)8-4-5-9(12)16-8/h3-6,11,14H,2H2,1H3. The Morgan fingerprint density at radius 1 is 1.44 bits per heavy atom. The first-order valence-corrected chi connectivity index (χ1v) is 6.93. The highest BCUT2D eigenvalue weighted by Crippen LogP contribution is 2.32. The molecule has 0 aliphatic carbocycles. The van der Waals surface area contributed by atoms with Crippen LogP contribution in [0, 0.1) is 0 Å². The van der Waals surface area contributed by atoms with E-state index in [0.29, 0.717) is 5.22 Å². The van der Waals surface area contributed by atoms with Gasteiger partial charge >= 0.3 is 0 Å². The summed E-state index contributed by atoms with van der Waals surface area (Å²) in [7, 11) is 0. The third-order valence-electron chi connectivity index (χ3n) is 2.17. The summed E-state index contributed by atoms with van der Waals surface area (Å²) in [6, 6.07) is 7.87. The number of furan rings is 1. The van der Waals surface area contributed by atoms with Crippen molar-refractivity contribution < 1.29 is 4.42 Å². The second-order valence-corrected chi connectivity index (χ2v) is 6.14. The largest absolute Gasteiger partial charge is 0.448 e. The molecule has 2 heterocycles. The average molecular weight is 321 g/mol. The molecule has 2 aromatic rings. The van der Waals surface area contributed by atoms with E-state index >= 15 is 0 Å². The Hall–Kier alpha value is -0.290. The highest BCUT2D eigenvalue weighted by atomic mass is 79.9. The number of nitrogens with one attached hydrogen (secondary N) is 1. The highest BCUT2D eigenvalue weighted by Gasteiger charge is 2.18. The molecule has 16 heavy (non-hydrogen) atoms. The zero-order valence-electron chi connectivity index (χ0n) is 8.67. The molecule has 0 fully saturated rings. The molecule has 2 aromatic heterocycles. The lowest BCUT2D eigenvalue weighted by Gasteiger charge is -2.13. The Kier molecular flexibility index (Phi) is 4.08. The van der Waals surface area contributed by atoms with Gasteiger partial charge in [0, 0.05) is 4.88 Å². The maximum Gasteiger partial charge on any atom is 0.193 e. The summed E-state index contributed by atoms with van der Waals surface area (Å²) >= 11 is 11.0. The van der Waals surface area contributed by atoms with Gasteiger partial charge in [0.05, 0.1) is 3.79 Å². The minimum absolute atomic E-state index is 0.0776. The molecule has 0 radical (unpaired) electrons. The summed E-state index contributed by atoms with van der Waals surface area (Å²) in [6.07, 6.45) is 0. The summed E-state index contributed by atoms with van der Waals surface area (Å²) < 4.78 is 6.57. The molecule has 1 N–H and O–H groups in total. The molecule has 5 heteroatoms. The lowest BCUT2D eigenvalue weighted by molar-refractivity contribution is 0.457. The number of hydrogen-bond acceptors (Lipinski definition) is 3. The van der Waals surface area contributed by atoms with Crippen molar-refractivity contribution in [3.8, 4) is 0 Å². The molecule has 1 atom stereocenters. The van der Waals surface area contributed by atoms with E-state index in [-0.39, 0.29) is 6.04 Å². The molecule has 0 spiro atoms. The molecule has 0 amide bonds. The van der Waals surface area contributed by atoms with Crippen molar-refractivity contribution in [2.45, 2.75) is 13.0 Å². The molecule has 0 saturated carbocycles. The van der Waals surface area contributed by atoms with Gasteiger partial charge in [0.1, 0.15) is 11.8 Å². The van der Waals surface area contributed by atoms with Crippen LogP contribution in [0.4, 0.5) is 0 Å². The SMILES string of the molecule is CCNC(c1ccc(Cl)o1)c1ccc(Br)s1. The van der Waals surface area contributed by atoms with Crippen molar-refractivity contribution in [1.82, 2.24) is 5.32 Å². The Labute approximate surface area is 112 Å². The van der Waals surface area contributed by atoms with Gasteiger partial charge < -0.3 is 9.73 Å². The number of thiophene rings is 1. The van der Waals surface area contributed by atoms with E-state index in [1.54, 1.807) is 17.4 Å². The molecule has 1 unspecified atom stereocenters. The number of rotatable bonds is 4. The molecule has 0 aliphatic heterocycles. The third kappa shape index (κ3) is 2.69. The van der Waals surface area contributed by atoms with Gasteiger partial charge in [-0.25, -0.2) is 0 Å². The van der Waals surface area contributed by atoms with Gasteiger partial charge in [0.2, 0.25) is 0 Å². The van der Waals surface area contributed by atoms with Gasteiger partial charge in [0.15, 0.2) is 5.22 Å². The monoisotopic (exact) mass is 319 g/mol. The summed E-state index contributed by atoms with van der Waals surface area (Å²) in [5.74, 6) is 0.848. The Bertz CT molecular complexity index is 428. The Morgan fingerprint density at radius 3 is 2.75 bits per heavy atom. The summed E-state index contributed by atoms with van der Waals surface area (Å²) in [4.78, 5) is 1.21. The van der Waals surface area contributed by atoms with Crippen LogP contribution < -0.4 is 5.32 Å². The first kappa shape index (κ1) is 12.2. The second-order valence-electron chi connectivity index (χ2n) is 3.27. The maximum absolute atomic E-state index is 5.80. The van der Waals surface area contributed by atoms with Crippen LogP contribution in [0.15, 0.2) is 32.5 Å². The molecule has 2 rings (SSSR count). The topological polar surface area (TPSA) is 25.2 Å². The zero-order chi connectivity index (χ0) is 11.5. The summed E-state index contributed by atoms with van der Waals surface area (Å²) in [5.41, 5.74) is 0. The van der Waals surface area contributed by atoms with E-state index in [2.05, 4.69) is 34.2 Å². The molecule has 0 aromatic carbocycles. The molecule has 0 aliphatic rings. The van der Waals surface area contributed by atoms with E-state index in [1.165, 1.54) is 4.88 Å². The summed E-state index contributed by atoms with van der Waals surface area (Å²) in [5, 5.41) is 3.80. The molecular formula is C11H11BrClNOS. The predicted octanol–water partition coefficient (Wildman–Crippen LogP) is 4.46. The molecule has 0 bridgehead atoms. The fourth-order valence-electron chi connectivity index (χ4n) is 1.51. The lowest BCUT2D eigenvalue weighted by Crippen LogP contribution is -2.20. The van der Waals surface area contributed by atoms with Crippen LogP contribution in [-0.2, 0) is 0 Å². The van der Waals surface area contributed by atoms with E-state index in [9.17, 15) is 0 Å². The van der Waals surface area contributed by atoms with Crippen molar-refractivity contribution in [3.05, 3.63) is 43.9 Å². The third-order valence-corrected chi connectivity index (χ3v) is 4.06. The fourth-order valence-corrected chi connectivity index (χ4v) is 3.17. The first-order chi connectivity index (χ1) is 7.70. The van der Waals surface area contributed by atoms with Crippen molar-refractivity contribution >= 4 is 38.9 Å². The lowest BCUT2D eigenvalue weighted by atomic mass is 10.2.